The van der Waals surface area contributed by atoms with Gasteiger partial charge >= 0.3 is 0 Å². The summed E-state index contributed by atoms with van der Waals surface area (Å²) in [7, 11) is 0. The van der Waals surface area contributed by atoms with Crippen LogP contribution in [0, 0.1) is 6.92 Å². The highest BCUT2D eigenvalue weighted by atomic mass is 32.1. The zero-order chi connectivity index (χ0) is 16.5. The lowest BCUT2D eigenvalue weighted by molar-refractivity contribution is 0.0861. The fourth-order valence-corrected chi connectivity index (χ4v) is 4.10. The number of aromatic nitrogens is 2. The number of carbonyl (C=O) groups is 1. The van der Waals surface area contributed by atoms with E-state index in [1.54, 1.807) is 0 Å². The van der Waals surface area contributed by atoms with Crippen molar-refractivity contribution < 1.29 is 9.53 Å². The van der Waals surface area contributed by atoms with E-state index >= 15 is 0 Å². The fraction of sp³-hybridized carbons (Fsp3) is 0.333. The summed E-state index contributed by atoms with van der Waals surface area (Å²) in [6.07, 6.45) is 2.26. The number of ether oxygens (including phenoxy) is 1. The second kappa shape index (κ2) is 6.37. The molecule has 0 radical (unpaired) electrons. The van der Waals surface area contributed by atoms with Crippen molar-refractivity contribution in [3.63, 3.8) is 0 Å². The van der Waals surface area contributed by atoms with Gasteiger partial charge in [0.1, 0.15) is 4.83 Å². The molecular weight excluding hydrogens is 322 g/mol. The summed E-state index contributed by atoms with van der Waals surface area (Å²) >= 11 is 1.48. The number of nitrogens with zero attached hydrogens (tertiary/aromatic N) is 2. The van der Waals surface area contributed by atoms with Crippen LogP contribution in [0.25, 0.3) is 15.9 Å². The summed E-state index contributed by atoms with van der Waals surface area (Å²) in [6.45, 7) is 3.36. The van der Waals surface area contributed by atoms with Crippen LogP contribution >= 0.6 is 11.3 Å². The molecule has 1 aromatic carbocycles. The molecule has 3 heterocycles. The maximum absolute atomic E-state index is 12.4. The van der Waals surface area contributed by atoms with E-state index in [-0.39, 0.29) is 12.0 Å². The lowest BCUT2D eigenvalue weighted by atomic mass is 10.2. The van der Waals surface area contributed by atoms with Gasteiger partial charge in [-0.1, -0.05) is 18.2 Å². The van der Waals surface area contributed by atoms with E-state index in [1.165, 1.54) is 11.3 Å². The van der Waals surface area contributed by atoms with E-state index in [2.05, 4.69) is 10.4 Å². The number of para-hydroxylation sites is 1. The molecule has 1 saturated heterocycles. The van der Waals surface area contributed by atoms with Crippen molar-refractivity contribution in [2.24, 2.45) is 0 Å². The summed E-state index contributed by atoms with van der Waals surface area (Å²) < 4.78 is 7.46. The number of fused-ring (bicyclic) bond motifs is 1. The van der Waals surface area contributed by atoms with Gasteiger partial charge in [0.15, 0.2) is 0 Å². The minimum absolute atomic E-state index is 0.0364. The molecule has 4 rings (SSSR count). The van der Waals surface area contributed by atoms with E-state index in [4.69, 9.17) is 4.74 Å². The number of rotatable bonds is 4. The molecule has 3 aromatic rings. The van der Waals surface area contributed by atoms with Crippen molar-refractivity contribution in [2.45, 2.75) is 25.9 Å². The van der Waals surface area contributed by atoms with Crippen molar-refractivity contribution in [3.05, 3.63) is 47.0 Å². The van der Waals surface area contributed by atoms with Gasteiger partial charge in [0.2, 0.25) is 0 Å². The molecule has 124 valence electrons. The highest BCUT2D eigenvalue weighted by Crippen LogP contribution is 2.30. The van der Waals surface area contributed by atoms with E-state index in [0.29, 0.717) is 11.4 Å². The topological polar surface area (TPSA) is 56.2 Å². The Balaban J connectivity index is 1.60. The number of amides is 1. The molecule has 5 nitrogen and oxygen atoms in total. The molecule has 0 bridgehead atoms. The van der Waals surface area contributed by atoms with Crippen LogP contribution in [0.3, 0.4) is 0 Å². The van der Waals surface area contributed by atoms with Crippen LogP contribution in [0.5, 0.6) is 0 Å². The first-order valence-corrected chi connectivity index (χ1v) is 8.98. The monoisotopic (exact) mass is 341 g/mol. The van der Waals surface area contributed by atoms with E-state index in [0.717, 1.165) is 41.0 Å². The van der Waals surface area contributed by atoms with Crippen LogP contribution in [0.1, 0.15) is 28.2 Å². The maximum Gasteiger partial charge on any atom is 0.261 e. The fourth-order valence-electron chi connectivity index (χ4n) is 3.00. The van der Waals surface area contributed by atoms with Gasteiger partial charge < -0.3 is 10.1 Å². The Morgan fingerprint density at radius 3 is 3.00 bits per heavy atom. The summed E-state index contributed by atoms with van der Waals surface area (Å²) in [4.78, 5) is 14.2. The quantitative estimate of drug-likeness (QED) is 0.792. The minimum Gasteiger partial charge on any atom is -0.376 e. The van der Waals surface area contributed by atoms with Gasteiger partial charge in [-0.3, -0.25) is 4.79 Å². The van der Waals surface area contributed by atoms with Crippen molar-refractivity contribution in [1.82, 2.24) is 15.1 Å². The number of hydrogen-bond acceptors (Lipinski definition) is 4. The van der Waals surface area contributed by atoms with Gasteiger partial charge in [-0.05, 0) is 38.0 Å². The standard InChI is InChI=1S/C18H19N3O2S/c1-12-15-10-16(17(22)19-11-14-8-5-9-23-14)24-18(15)21(20-12)13-6-3-2-4-7-13/h2-4,6-7,10,14H,5,8-9,11H2,1H3,(H,19,22)/t14-/m0/s1. The Bertz CT molecular complexity index is 863. The predicted octanol–water partition coefficient (Wildman–Crippen LogP) is 3.30. The Kier molecular flexibility index (Phi) is 4.08. The number of thiophene rings is 1. The predicted molar refractivity (Wildman–Crippen MR) is 95.0 cm³/mol. The Labute approximate surface area is 144 Å². The van der Waals surface area contributed by atoms with Gasteiger partial charge in [-0.25, -0.2) is 4.68 Å². The molecule has 1 aliphatic rings. The minimum atomic E-state index is -0.0364. The molecule has 6 heteroatoms. The van der Waals surface area contributed by atoms with E-state index in [9.17, 15) is 4.79 Å². The van der Waals surface area contributed by atoms with Crippen molar-refractivity contribution >= 4 is 27.5 Å². The van der Waals surface area contributed by atoms with Gasteiger partial charge in [0.05, 0.1) is 22.4 Å². The zero-order valence-corrected chi connectivity index (χ0v) is 14.3. The van der Waals surface area contributed by atoms with Gasteiger partial charge in [0.25, 0.3) is 5.91 Å². The maximum atomic E-state index is 12.4. The second-order valence-corrected chi connectivity index (χ2v) is 7.04. The highest BCUT2D eigenvalue weighted by molar-refractivity contribution is 7.20. The molecule has 0 unspecified atom stereocenters. The van der Waals surface area contributed by atoms with E-state index < -0.39 is 0 Å². The molecule has 2 aromatic heterocycles. The SMILES string of the molecule is Cc1nn(-c2ccccc2)c2sc(C(=O)NC[C@@H]3CCCO3)cc12. The Morgan fingerprint density at radius 2 is 2.25 bits per heavy atom. The van der Waals surface area contributed by atoms with Gasteiger partial charge in [0, 0.05) is 18.5 Å². The molecule has 0 saturated carbocycles. The number of carbonyl (C=O) groups excluding carboxylic acids is 1. The zero-order valence-electron chi connectivity index (χ0n) is 13.5. The first kappa shape index (κ1) is 15.4. The van der Waals surface area contributed by atoms with Crippen molar-refractivity contribution in [1.29, 1.82) is 0 Å². The van der Waals surface area contributed by atoms with Crippen LogP contribution in [-0.4, -0.2) is 34.9 Å². The third-order valence-electron chi connectivity index (χ3n) is 4.28. The number of hydrogen-bond donors (Lipinski definition) is 1. The Morgan fingerprint density at radius 1 is 1.42 bits per heavy atom. The smallest absolute Gasteiger partial charge is 0.261 e. The largest absolute Gasteiger partial charge is 0.376 e. The first-order chi connectivity index (χ1) is 11.7. The highest BCUT2D eigenvalue weighted by Gasteiger charge is 2.19. The molecular formula is C18H19N3O2S. The van der Waals surface area contributed by atoms with Crippen LogP contribution in [0.4, 0.5) is 0 Å². The first-order valence-electron chi connectivity index (χ1n) is 8.17. The Hall–Kier alpha value is -2.18. The molecule has 0 aliphatic carbocycles. The van der Waals surface area contributed by atoms with E-state index in [1.807, 2.05) is 48.0 Å². The lowest BCUT2D eigenvalue weighted by Gasteiger charge is -2.09. The molecule has 1 fully saturated rings. The lowest BCUT2D eigenvalue weighted by Crippen LogP contribution is -2.31. The van der Waals surface area contributed by atoms with Crippen LogP contribution < -0.4 is 5.32 Å². The summed E-state index contributed by atoms with van der Waals surface area (Å²) in [5.41, 5.74) is 1.94. The normalized spacial score (nSPS) is 17.5. The van der Waals surface area contributed by atoms with Gasteiger partial charge in [-0.2, -0.15) is 5.10 Å². The third kappa shape index (κ3) is 2.83. The third-order valence-corrected chi connectivity index (χ3v) is 5.39. The average molecular weight is 341 g/mol. The summed E-state index contributed by atoms with van der Waals surface area (Å²) in [6, 6.07) is 11.9. The summed E-state index contributed by atoms with van der Waals surface area (Å²) in [5.74, 6) is -0.0364. The molecule has 24 heavy (non-hydrogen) atoms. The molecule has 1 amide bonds. The van der Waals surface area contributed by atoms with Crippen LogP contribution in [0.15, 0.2) is 36.4 Å². The van der Waals surface area contributed by atoms with Gasteiger partial charge in [-0.15, -0.1) is 11.3 Å². The number of nitrogens with one attached hydrogen (secondary N) is 1. The molecule has 1 aliphatic heterocycles. The van der Waals surface area contributed by atoms with Crippen molar-refractivity contribution in [2.75, 3.05) is 13.2 Å². The number of benzene rings is 1. The second-order valence-electron chi connectivity index (χ2n) is 6.01. The summed E-state index contributed by atoms with van der Waals surface area (Å²) in [5, 5.41) is 8.63. The molecule has 1 atom stereocenters. The van der Waals surface area contributed by atoms with Crippen LogP contribution in [0.2, 0.25) is 0 Å². The van der Waals surface area contributed by atoms with Crippen LogP contribution in [-0.2, 0) is 4.74 Å². The van der Waals surface area contributed by atoms with Crippen molar-refractivity contribution in [3.8, 4) is 5.69 Å². The molecule has 1 N–H and O–H groups in total. The average Bonchev–Trinajstić information content (AvgIpc) is 3.32. The number of aryl methyl sites for hydroxylation is 1. The molecule has 0 spiro atoms.